The van der Waals surface area contributed by atoms with Gasteiger partial charge in [-0.15, -0.1) is 11.3 Å². The summed E-state index contributed by atoms with van der Waals surface area (Å²) in [5.74, 6) is -1.05. The summed E-state index contributed by atoms with van der Waals surface area (Å²) < 4.78 is 27.9. The predicted molar refractivity (Wildman–Crippen MR) is 93.1 cm³/mol. The minimum absolute atomic E-state index is 0.155. The van der Waals surface area contributed by atoms with Crippen molar-refractivity contribution in [2.24, 2.45) is 0 Å². The van der Waals surface area contributed by atoms with E-state index in [1.807, 2.05) is 18.0 Å². The van der Waals surface area contributed by atoms with Crippen LogP contribution in [-0.4, -0.2) is 33.1 Å². The quantitative estimate of drug-likeness (QED) is 0.819. The Morgan fingerprint density at radius 1 is 1.42 bits per heavy atom. The van der Waals surface area contributed by atoms with Crippen molar-refractivity contribution in [2.75, 3.05) is 18.5 Å². The van der Waals surface area contributed by atoms with E-state index in [0.717, 1.165) is 24.2 Å². The molecule has 1 atom stereocenters. The van der Waals surface area contributed by atoms with E-state index >= 15 is 0 Å². The average molecular weight is 366 g/mol. The molecule has 24 heavy (non-hydrogen) atoms. The fourth-order valence-corrected chi connectivity index (χ4v) is 4.89. The Morgan fingerprint density at radius 3 is 2.88 bits per heavy atom. The number of sulfonamides is 1. The molecule has 128 valence electrons. The van der Waals surface area contributed by atoms with Gasteiger partial charge in [0.15, 0.2) is 0 Å². The number of hydrogen-bond donors (Lipinski definition) is 2. The van der Waals surface area contributed by atoms with Crippen molar-refractivity contribution in [2.45, 2.75) is 23.8 Å². The number of carboxylic acid groups (broad SMARTS) is 1. The van der Waals surface area contributed by atoms with Gasteiger partial charge in [-0.2, -0.15) is 0 Å². The second kappa shape index (κ2) is 6.54. The maximum absolute atomic E-state index is 12.7. The van der Waals surface area contributed by atoms with Crippen molar-refractivity contribution in [3.8, 4) is 0 Å². The molecular formula is C16H18N2O4S2. The molecule has 2 N–H and O–H groups in total. The molecule has 0 aliphatic carbocycles. The molecule has 1 aliphatic heterocycles. The van der Waals surface area contributed by atoms with E-state index in [-0.39, 0.29) is 11.3 Å². The van der Waals surface area contributed by atoms with Crippen LogP contribution in [0.2, 0.25) is 0 Å². The molecule has 2 aromatic rings. The first kappa shape index (κ1) is 16.9. The number of likely N-dealkylation sites (N-methyl/N-ethyl adjacent to an activating group) is 1. The lowest BCUT2D eigenvalue weighted by Crippen LogP contribution is -2.30. The third-order valence-electron chi connectivity index (χ3n) is 4.06. The zero-order valence-electron chi connectivity index (χ0n) is 13.1. The van der Waals surface area contributed by atoms with Gasteiger partial charge in [-0.25, -0.2) is 13.1 Å². The van der Waals surface area contributed by atoms with Gasteiger partial charge < -0.3 is 10.0 Å². The van der Waals surface area contributed by atoms with E-state index in [1.54, 1.807) is 29.6 Å². The topological polar surface area (TPSA) is 86.7 Å². The lowest BCUT2D eigenvalue weighted by atomic mass is 10.2. The summed E-state index contributed by atoms with van der Waals surface area (Å²) in [5.41, 5.74) is 2.03. The van der Waals surface area contributed by atoms with E-state index in [1.165, 1.54) is 11.3 Å². The fraction of sp³-hybridized carbons (Fsp3) is 0.312. The molecule has 6 nitrogen and oxygen atoms in total. The molecule has 1 aromatic carbocycles. The minimum Gasteiger partial charge on any atom is -0.481 e. The number of aliphatic carboxylic acids is 1. The van der Waals surface area contributed by atoms with Crippen molar-refractivity contribution in [1.29, 1.82) is 0 Å². The summed E-state index contributed by atoms with van der Waals surface area (Å²) in [6.45, 7) is 0.864. The van der Waals surface area contributed by atoms with E-state index < -0.39 is 22.0 Å². The van der Waals surface area contributed by atoms with Crippen molar-refractivity contribution >= 4 is 33.0 Å². The molecule has 3 rings (SSSR count). The van der Waals surface area contributed by atoms with Gasteiger partial charge in [0.2, 0.25) is 10.0 Å². The second-order valence-electron chi connectivity index (χ2n) is 5.75. The number of fused-ring (bicyclic) bond motifs is 1. The Balaban J connectivity index is 1.89. The van der Waals surface area contributed by atoms with Crippen LogP contribution in [0, 0.1) is 0 Å². The summed E-state index contributed by atoms with van der Waals surface area (Å²) in [6.07, 6.45) is 0.598. The van der Waals surface area contributed by atoms with Gasteiger partial charge >= 0.3 is 5.97 Å². The Hall–Kier alpha value is -1.90. The van der Waals surface area contributed by atoms with Crippen molar-refractivity contribution in [3.05, 3.63) is 46.2 Å². The number of thiophene rings is 1. The number of carboxylic acids is 1. The van der Waals surface area contributed by atoms with Gasteiger partial charge in [0.25, 0.3) is 0 Å². The Labute approximate surface area is 144 Å². The zero-order valence-corrected chi connectivity index (χ0v) is 14.7. The molecule has 0 radical (unpaired) electrons. The van der Waals surface area contributed by atoms with E-state index in [0.29, 0.717) is 4.88 Å². The van der Waals surface area contributed by atoms with Gasteiger partial charge in [0.1, 0.15) is 0 Å². The largest absolute Gasteiger partial charge is 0.481 e. The summed E-state index contributed by atoms with van der Waals surface area (Å²) in [4.78, 5) is 13.9. The maximum atomic E-state index is 12.7. The van der Waals surface area contributed by atoms with Crippen LogP contribution in [0.5, 0.6) is 0 Å². The lowest BCUT2D eigenvalue weighted by Gasteiger charge is -2.17. The highest BCUT2D eigenvalue weighted by Crippen LogP contribution is 2.30. The fourth-order valence-electron chi connectivity index (χ4n) is 2.81. The smallest absolute Gasteiger partial charge is 0.305 e. The molecule has 2 heterocycles. The molecule has 1 unspecified atom stereocenters. The zero-order chi connectivity index (χ0) is 17.3. The van der Waals surface area contributed by atoms with Crippen molar-refractivity contribution in [1.82, 2.24) is 4.72 Å². The van der Waals surface area contributed by atoms with Gasteiger partial charge in [0.05, 0.1) is 17.4 Å². The van der Waals surface area contributed by atoms with Crippen LogP contribution in [0.25, 0.3) is 0 Å². The van der Waals surface area contributed by atoms with Gasteiger partial charge in [0, 0.05) is 24.2 Å². The summed E-state index contributed by atoms with van der Waals surface area (Å²) in [5, 5.41) is 10.9. The highest BCUT2D eigenvalue weighted by atomic mass is 32.2. The predicted octanol–water partition coefficient (Wildman–Crippen LogP) is 2.23. The summed E-state index contributed by atoms with van der Waals surface area (Å²) in [7, 11) is -1.88. The van der Waals surface area contributed by atoms with Gasteiger partial charge in [-0.05, 0) is 35.6 Å². The third kappa shape index (κ3) is 3.45. The number of anilines is 1. The molecule has 0 amide bonds. The standard InChI is InChI=1S/C16H18N2O4S2/c1-18-7-6-11-4-5-12(9-14(11)18)24(21,22)17-13(10-16(19)20)15-3-2-8-23-15/h2-5,8-9,13,17H,6-7,10H2,1H3,(H,19,20). The van der Waals surface area contributed by atoms with Gasteiger partial charge in [-0.1, -0.05) is 12.1 Å². The number of hydrogen-bond acceptors (Lipinski definition) is 5. The van der Waals surface area contributed by atoms with E-state index in [4.69, 9.17) is 5.11 Å². The monoisotopic (exact) mass is 366 g/mol. The van der Waals surface area contributed by atoms with Crippen LogP contribution in [0.3, 0.4) is 0 Å². The molecule has 0 spiro atoms. The van der Waals surface area contributed by atoms with Crippen molar-refractivity contribution in [3.63, 3.8) is 0 Å². The molecule has 0 saturated heterocycles. The summed E-state index contributed by atoms with van der Waals surface area (Å²) >= 11 is 1.33. The molecule has 0 bridgehead atoms. The van der Waals surface area contributed by atoms with Crippen LogP contribution in [0.1, 0.15) is 22.9 Å². The molecule has 1 aliphatic rings. The molecule has 1 aromatic heterocycles. The number of carbonyl (C=O) groups is 1. The maximum Gasteiger partial charge on any atom is 0.305 e. The minimum atomic E-state index is -3.81. The molecular weight excluding hydrogens is 348 g/mol. The lowest BCUT2D eigenvalue weighted by molar-refractivity contribution is -0.137. The van der Waals surface area contributed by atoms with Crippen LogP contribution in [0.4, 0.5) is 5.69 Å². The molecule has 0 saturated carbocycles. The SMILES string of the molecule is CN1CCc2ccc(S(=O)(=O)NC(CC(=O)O)c3cccs3)cc21. The number of benzene rings is 1. The normalized spacial score (nSPS) is 15.3. The molecule has 0 fully saturated rings. The van der Waals surface area contributed by atoms with Crippen LogP contribution < -0.4 is 9.62 Å². The van der Waals surface area contributed by atoms with Crippen molar-refractivity contribution < 1.29 is 18.3 Å². The Bertz CT molecular complexity index is 847. The number of nitrogens with one attached hydrogen (secondary N) is 1. The number of nitrogens with zero attached hydrogens (tertiary/aromatic N) is 1. The van der Waals surface area contributed by atoms with Gasteiger partial charge in [-0.3, -0.25) is 4.79 Å². The molecule has 8 heteroatoms. The highest BCUT2D eigenvalue weighted by Gasteiger charge is 2.26. The first-order chi connectivity index (χ1) is 11.4. The third-order valence-corrected chi connectivity index (χ3v) is 6.51. The second-order valence-corrected chi connectivity index (χ2v) is 8.44. The number of rotatable bonds is 6. The first-order valence-electron chi connectivity index (χ1n) is 7.48. The van der Waals surface area contributed by atoms with E-state index in [2.05, 4.69) is 4.72 Å². The summed E-state index contributed by atoms with van der Waals surface area (Å²) in [6, 6.07) is 7.78. The van der Waals surface area contributed by atoms with Crippen LogP contribution in [0.15, 0.2) is 40.6 Å². The Morgan fingerprint density at radius 2 is 2.21 bits per heavy atom. The van der Waals surface area contributed by atoms with E-state index in [9.17, 15) is 13.2 Å². The Kier molecular flexibility index (Phi) is 4.62. The first-order valence-corrected chi connectivity index (χ1v) is 9.85. The van der Waals surface area contributed by atoms with Crippen LogP contribution in [-0.2, 0) is 21.2 Å². The van der Waals surface area contributed by atoms with Crippen LogP contribution >= 0.6 is 11.3 Å². The average Bonchev–Trinajstić information content (AvgIpc) is 3.16. The highest BCUT2D eigenvalue weighted by molar-refractivity contribution is 7.89.